The number of ether oxygens (including phenoxy) is 2. The highest BCUT2D eigenvalue weighted by Crippen LogP contribution is 2.26. The highest BCUT2D eigenvalue weighted by atomic mass is 32.1. The van der Waals surface area contributed by atoms with E-state index in [9.17, 15) is 5.11 Å². The van der Waals surface area contributed by atoms with E-state index in [4.69, 9.17) is 21.7 Å². The van der Waals surface area contributed by atoms with E-state index in [0.717, 1.165) is 29.8 Å². The highest BCUT2D eigenvalue weighted by molar-refractivity contribution is 7.80. The van der Waals surface area contributed by atoms with Crippen LogP contribution in [-0.2, 0) is 19.6 Å². The summed E-state index contributed by atoms with van der Waals surface area (Å²) in [6.45, 7) is 1.85. The van der Waals surface area contributed by atoms with Gasteiger partial charge in [-0.25, -0.2) is 0 Å². The Bertz CT molecular complexity index is 946. The van der Waals surface area contributed by atoms with Gasteiger partial charge >= 0.3 is 0 Å². The highest BCUT2D eigenvalue weighted by Gasteiger charge is 2.04. The molecule has 156 valence electrons. The van der Waals surface area contributed by atoms with Crippen LogP contribution in [0.15, 0.2) is 72.8 Å². The number of hydrogen-bond acceptors (Lipinski definition) is 4. The average molecular weight is 423 g/mol. The topological polar surface area (TPSA) is 62.8 Å². The van der Waals surface area contributed by atoms with E-state index in [1.54, 1.807) is 12.1 Å². The number of methoxy groups -OCH3 is 1. The van der Waals surface area contributed by atoms with E-state index in [1.807, 2.05) is 36.4 Å². The number of phenolic OH excluding ortho intramolecular Hbond substituents is 1. The fraction of sp³-hybridized carbons (Fsp3) is 0.208. The van der Waals surface area contributed by atoms with Crippen LogP contribution in [0, 0.1) is 0 Å². The van der Waals surface area contributed by atoms with Gasteiger partial charge in [0.05, 0.1) is 7.11 Å². The second-order valence-electron chi connectivity index (χ2n) is 6.78. The molecule has 3 aromatic carbocycles. The third-order valence-corrected chi connectivity index (χ3v) is 4.86. The summed E-state index contributed by atoms with van der Waals surface area (Å²) in [5, 5.41) is 16.6. The number of benzene rings is 3. The van der Waals surface area contributed by atoms with Crippen molar-refractivity contribution in [2.75, 3.05) is 13.7 Å². The Labute approximate surface area is 182 Å². The smallest absolute Gasteiger partial charge is 0.166 e. The molecular weight excluding hydrogens is 396 g/mol. The molecule has 0 bridgehead atoms. The maximum absolute atomic E-state index is 9.64. The predicted octanol–water partition coefficient (Wildman–Crippen LogP) is 4.19. The molecule has 5 nitrogen and oxygen atoms in total. The number of rotatable bonds is 9. The van der Waals surface area contributed by atoms with E-state index >= 15 is 0 Å². The van der Waals surface area contributed by atoms with Gasteiger partial charge in [0.2, 0.25) is 0 Å². The van der Waals surface area contributed by atoms with Crippen molar-refractivity contribution in [2.24, 2.45) is 0 Å². The van der Waals surface area contributed by atoms with Gasteiger partial charge < -0.3 is 25.2 Å². The first-order valence-electron chi connectivity index (χ1n) is 9.77. The van der Waals surface area contributed by atoms with Crippen molar-refractivity contribution in [3.63, 3.8) is 0 Å². The molecule has 30 heavy (non-hydrogen) atoms. The molecule has 3 aromatic rings. The SMILES string of the molecule is COc1cc(CNC(=S)NCCc2ccc(OCc3ccccc3)cc2)ccc1O. The monoisotopic (exact) mass is 422 g/mol. The molecule has 0 saturated carbocycles. The zero-order valence-corrected chi connectivity index (χ0v) is 17.7. The summed E-state index contributed by atoms with van der Waals surface area (Å²) in [6.07, 6.45) is 0.855. The largest absolute Gasteiger partial charge is 0.504 e. The van der Waals surface area contributed by atoms with E-state index in [-0.39, 0.29) is 5.75 Å². The van der Waals surface area contributed by atoms with Crippen LogP contribution in [0.5, 0.6) is 17.2 Å². The molecule has 0 fully saturated rings. The lowest BCUT2D eigenvalue weighted by Gasteiger charge is -2.12. The number of hydrogen-bond donors (Lipinski definition) is 3. The van der Waals surface area contributed by atoms with Gasteiger partial charge in [-0.15, -0.1) is 0 Å². The van der Waals surface area contributed by atoms with E-state index in [2.05, 4.69) is 34.9 Å². The minimum atomic E-state index is 0.124. The molecule has 0 atom stereocenters. The van der Waals surface area contributed by atoms with E-state index in [0.29, 0.717) is 24.0 Å². The summed E-state index contributed by atoms with van der Waals surface area (Å²) >= 11 is 5.33. The zero-order chi connectivity index (χ0) is 21.2. The molecule has 0 spiro atoms. The van der Waals surface area contributed by atoms with Crippen molar-refractivity contribution in [3.05, 3.63) is 89.5 Å². The summed E-state index contributed by atoms with van der Waals surface area (Å²) in [7, 11) is 1.53. The number of aromatic hydroxyl groups is 1. The second-order valence-corrected chi connectivity index (χ2v) is 7.19. The van der Waals surface area contributed by atoms with Crippen LogP contribution in [0.2, 0.25) is 0 Å². The van der Waals surface area contributed by atoms with Crippen LogP contribution >= 0.6 is 12.2 Å². The Kier molecular flexibility index (Phi) is 7.92. The zero-order valence-electron chi connectivity index (χ0n) is 16.9. The van der Waals surface area contributed by atoms with Crippen molar-refractivity contribution < 1.29 is 14.6 Å². The number of nitrogens with one attached hydrogen (secondary N) is 2. The molecule has 6 heteroatoms. The van der Waals surface area contributed by atoms with Crippen molar-refractivity contribution in [3.8, 4) is 17.2 Å². The van der Waals surface area contributed by atoms with Crippen molar-refractivity contribution >= 4 is 17.3 Å². The minimum Gasteiger partial charge on any atom is -0.504 e. The molecule has 0 aliphatic carbocycles. The predicted molar refractivity (Wildman–Crippen MR) is 123 cm³/mol. The Morgan fingerprint density at radius 3 is 2.37 bits per heavy atom. The molecule has 0 unspecified atom stereocenters. The van der Waals surface area contributed by atoms with Crippen LogP contribution in [0.4, 0.5) is 0 Å². The average Bonchev–Trinajstić information content (AvgIpc) is 2.78. The van der Waals surface area contributed by atoms with Gasteiger partial charge in [0, 0.05) is 13.1 Å². The van der Waals surface area contributed by atoms with Gasteiger partial charge in [-0.1, -0.05) is 48.5 Å². The molecule has 0 aromatic heterocycles. The lowest BCUT2D eigenvalue weighted by Crippen LogP contribution is -2.35. The second kappa shape index (κ2) is 11.1. The van der Waals surface area contributed by atoms with Crippen molar-refractivity contribution in [2.45, 2.75) is 19.6 Å². The van der Waals surface area contributed by atoms with E-state index < -0.39 is 0 Å². The van der Waals surface area contributed by atoms with Crippen LogP contribution in [0.3, 0.4) is 0 Å². The molecule has 0 saturated heterocycles. The molecule has 3 rings (SSSR count). The molecule has 0 heterocycles. The molecule has 0 aliphatic heterocycles. The fourth-order valence-electron chi connectivity index (χ4n) is 2.89. The summed E-state index contributed by atoms with van der Waals surface area (Å²) in [5.41, 5.74) is 3.33. The van der Waals surface area contributed by atoms with Crippen LogP contribution in [0.25, 0.3) is 0 Å². The van der Waals surface area contributed by atoms with Crippen LogP contribution < -0.4 is 20.1 Å². The van der Waals surface area contributed by atoms with Gasteiger partial charge in [-0.05, 0) is 59.6 Å². The summed E-state index contributed by atoms with van der Waals surface area (Å²) < 4.78 is 10.9. The number of phenols is 1. The third-order valence-electron chi connectivity index (χ3n) is 4.57. The lowest BCUT2D eigenvalue weighted by atomic mass is 10.1. The Morgan fingerprint density at radius 2 is 1.63 bits per heavy atom. The van der Waals surface area contributed by atoms with Gasteiger partial charge in [0.25, 0.3) is 0 Å². The van der Waals surface area contributed by atoms with Gasteiger partial charge in [-0.3, -0.25) is 0 Å². The summed E-state index contributed by atoms with van der Waals surface area (Å²) in [5.74, 6) is 1.43. The minimum absolute atomic E-state index is 0.124. The molecule has 0 radical (unpaired) electrons. The standard InChI is InChI=1S/C24H26N2O3S/c1-28-23-15-20(9-12-22(23)27)16-26-24(30)25-14-13-18-7-10-21(11-8-18)29-17-19-5-3-2-4-6-19/h2-12,15,27H,13-14,16-17H2,1H3,(H2,25,26,30). The molecule has 3 N–H and O–H groups in total. The Hall–Kier alpha value is -3.25. The first kappa shape index (κ1) is 21.5. The molecule has 0 amide bonds. The maximum Gasteiger partial charge on any atom is 0.166 e. The van der Waals surface area contributed by atoms with Gasteiger partial charge in [-0.2, -0.15) is 0 Å². The Balaban J connectivity index is 1.36. The first-order valence-corrected chi connectivity index (χ1v) is 10.2. The van der Waals surface area contributed by atoms with Crippen molar-refractivity contribution in [1.29, 1.82) is 0 Å². The van der Waals surface area contributed by atoms with E-state index in [1.165, 1.54) is 12.7 Å². The summed E-state index contributed by atoms with van der Waals surface area (Å²) in [4.78, 5) is 0. The van der Waals surface area contributed by atoms with Gasteiger partial charge in [0.1, 0.15) is 12.4 Å². The first-order chi connectivity index (χ1) is 14.6. The quantitative estimate of drug-likeness (QED) is 0.450. The maximum atomic E-state index is 9.64. The Morgan fingerprint density at radius 1 is 0.900 bits per heavy atom. The summed E-state index contributed by atoms with van der Waals surface area (Å²) in [6, 6.07) is 23.5. The molecular formula is C24H26N2O3S. The van der Waals surface area contributed by atoms with Crippen LogP contribution in [0.1, 0.15) is 16.7 Å². The lowest BCUT2D eigenvalue weighted by molar-refractivity contribution is 0.306. The fourth-order valence-corrected chi connectivity index (χ4v) is 3.06. The molecule has 0 aliphatic rings. The van der Waals surface area contributed by atoms with Crippen molar-refractivity contribution in [1.82, 2.24) is 10.6 Å². The van der Waals surface area contributed by atoms with Crippen LogP contribution in [-0.4, -0.2) is 23.9 Å². The number of thiocarbonyl (C=S) groups is 1. The van der Waals surface area contributed by atoms with Gasteiger partial charge in [0.15, 0.2) is 16.6 Å². The normalized spacial score (nSPS) is 10.3. The third kappa shape index (κ3) is 6.67.